The second-order valence-electron chi connectivity index (χ2n) is 8.71. The van der Waals surface area contributed by atoms with Crippen LogP contribution in [0, 0.1) is 6.92 Å². The second kappa shape index (κ2) is 10.2. The van der Waals surface area contributed by atoms with E-state index in [0.717, 1.165) is 18.7 Å². The van der Waals surface area contributed by atoms with Crippen molar-refractivity contribution in [2.45, 2.75) is 13.0 Å². The number of aromatic nitrogens is 2. The van der Waals surface area contributed by atoms with E-state index < -0.39 is 0 Å². The molecule has 7 heteroatoms. The van der Waals surface area contributed by atoms with E-state index in [9.17, 15) is 9.59 Å². The number of carbonyl (C=O) groups excluding carboxylic acids is 1. The number of benzene rings is 3. The van der Waals surface area contributed by atoms with Crippen LogP contribution in [0.4, 0.5) is 0 Å². The highest BCUT2D eigenvalue weighted by Gasteiger charge is 2.21. The number of carbonyl (C=O) groups is 1. The van der Waals surface area contributed by atoms with Crippen molar-refractivity contribution in [3.63, 3.8) is 0 Å². The van der Waals surface area contributed by atoms with E-state index in [1.54, 1.807) is 34.9 Å². The number of amides is 1. The third-order valence-electron chi connectivity index (χ3n) is 6.38. The highest BCUT2D eigenvalue weighted by atomic mass is 16.5. The zero-order valence-electron chi connectivity index (χ0n) is 19.7. The van der Waals surface area contributed by atoms with Crippen molar-refractivity contribution in [3.8, 4) is 5.69 Å². The van der Waals surface area contributed by atoms with Crippen LogP contribution in [0.1, 0.15) is 27.8 Å². The average molecular weight is 469 g/mol. The Morgan fingerprint density at radius 1 is 0.971 bits per heavy atom. The standard InChI is InChI=1S/C28H28N4O3/c1-20-29-25-10-6-5-9-24(25)28(34)32(20)23-13-11-22(12-14-23)27(33)30-26(21-7-3-2-4-8-21)19-31-15-17-35-18-16-31/h2-14,26H,15-19H2,1H3,(H,30,33)/t26-/m0/s1. The summed E-state index contributed by atoms with van der Waals surface area (Å²) < 4.78 is 7.05. The quantitative estimate of drug-likeness (QED) is 0.469. The molecule has 0 saturated carbocycles. The lowest BCUT2D eigenvalue weighted by Crippen LogP contribution is -2.43. The maximum atomic E-state index is 13.2. The summed E-state index contributed by atoms with van der Waals surface area (Å²) in [5.74, 6) is 0.444. The topological polar surface area (TPSA) is 76.5 Å². The molecule has 0 unspecified atom stereocenters. The molecule has 0 radical (unpaired) electrons. The van der Waals surface area contributed by atoms with Crippen LogP contribution < -0.4 is 10.9 Å². The molecule has 0 spiro atoms. The zero-order chi connectivity index (χ0) is 24.2. The summed E-state index contributed by atoms with van der Waals surface area (Å²) in [6.07, 6.45) is 0. The zero-order valence-corrected chi connectivity index (χ0v) is 19.7. The predicted octanol–water partition coefficient (Wildman–Crippen LogP) is 3.50. The van der Waals surface area contributed by atoms with Crippen molar-refractivity contribution in [2.24, 2.45) is 0 Å². The Bertz CT molecular complexity index is 1380. The van der Waals surface area contributed by atoms with Gasteiger partial charge in [-0.3, -0.25) is 19.1 Å². The van der Waals surface area contributed by atoms with Crippen LogP contribution in [0.5, 0.6) is 0 Å². The lowest BCUT2D eigenvalue weighted by Gasteiger charge is -2.31. The molecule has 4 aromatic rings. The number of nitrogens with one attached hydrogen (secondary N) is 1. The molecule has 0 bridgehead atoms. The number of rotatable bonds is 6. The second-order valence-corrected chi connectivity index (χ2v) is 8.71. The minimum atomic E-state index is -0.153. The molecule has 0 aliphatic carbocycles. The highest BCUT2D eigenvalue weighted by Crippen LogP contribution is 2.18. The summed E-state index contributed by atoms with van der Waals surface area (Å²) in [5.41, 5.74) is 2.83. The molecule has 35 heavy (non-hydrogen) atoms. The van der Waals surface area contributed by atoms with Gasteiger partial charge in [0, 0.05) is 25.2 Å². The van der Waals surface area contributed by atoms with Crippen molar-refractivity contribution in [3.05, 3.63) is 106 Å². The number of hydrogen-bond acceptors (Lipinski definition) is 5. The van der Waals surface area contributed by atoms with Crippen molar-refractivity contribution < 1.29 is 9.53 Å². The van der Waals surface area contributed by atoms with E-state index in [-0.39, 0.29) is 17.5 Å². The summed E-state index contributed by atoms with van der Waals surface area (Å²) in [4.78, 5) is 33.2. The molecular weight excluding hydrogens is 440 g/mol. The van der Waals surface area contributed by atoms with Gasteiger partial charge in [0.05, 0.1) is 35.8 Å². The first-order valence-corrected chi connectivity index (χ1v) is 11.8. The first-order chi connectivity index (χ1) is 17.1. The molecule has 7 nitrogen and oxygen atoms in total. The molecule has 1 saturated heterocycles. The summed E-state index contributed by atoms with van der Waals surface area (Å²) >= 11 is 0. The third kappa shape index (κ3) is 5.01. The molecule has 1 atom stereocenters. The molecule has 1 N–H and O–H groups in total. The summed E-state index contributed by atoms with van der Waals surface area (Å²) in [6.45, 7) is 5.64. The van der Waals surface area contributed by atoms with E-state index in [4.69, 9.17) is 4.74 Å². The van der Waals surface area contributed by atoms with Crippen LogP contribution in [0.15, 0.2) is 83.7 Å². The van der Waals surface area contributed by atoms with Crippen molar-refractivity contribution in [1.82, 2.24) is 19.8 Å². The maximum absolute atomic E-state index is 13.2. The molecule has 1 amide bonds. The normalized spacial score (nSPS) is 15.1. The first kappa shape index (κ1) is 23.0. The fourth-order valence-electron chi connectivity index (χ4n) is 4.51. The average Bonchev–Trinajstić information content (AvgIpc) is 2.90. The minimum absolute atomic E-state index is 0.125. The fourth-order valence-corrected chi connectivity index (χ4v) is 4.51. The SMILES string of the molecule is Cc1nc2ccccc2c(=O)n1-c1ccc(C(=O)N[C@@H](CN2CCOCC2)c2ccccc2)cc1. The van der Waals surface area contributed by atoms with Gasteiger partial charge in [0.25, 0.3) is 11.5 Å². The third-order valence-corrected chi connectivity index (χ3v) is 6.38. The van der Waals surface area contributed by atoms with Gasteiger partial charge in [-0.25, -0.2) is 4.98 Å². The molecule has 178 valence electrons. The lowest BCUT2D eigenvalue weighted by atomic mass is 10.1. The van der Waals surface area contributed by atoms with Crippen LogP contribution in [0.3, 0.4) is 0 Å². The van der Waals surface area contributed by atoms with E-state index in [1.165, 1.54) is 0 Å². The van der Waals surface area contributed by atoms with E-state index in [1.807, 2.05) is 55.5 Å². The van der Waals surface area contributed by atoms with E-state index >= 15 is 0 Å². The van der Waals surface area contributed by atoms with Crippen molar-refractivity contribution in [2.75, 3.05) is 32.8 Å². The summed E-state index contributed by atoms with van der Waals surface area (Å²) in [7, 11) is 0. The number of morpholine rings is 1. The van der Waals surface area contributed by atoms with Gasteiger partial charge in [0.1, 0.15) is 5.82 Å². The Hall–Kier alpha value is -3.81. The van der Waals surface area contributed by atoms with Gasteiger partial charge < -0.3 is 10.1 Å². The van der Waals surface area contributed by atoms with Crippen LogP contribution in [-0.4, -0.2) is 53.2 Å². The Kier molecular flexibility index (Phi) is 6.70. The van der Waals surface area contributed by atoms with Gasteiger partial charge in [-0.1, -0.05) is 42.5 Å². The molecular formula is C28H28N4O3. The van der Waals surface area contributed by atoms with Gasteiger partial charge >= 0.3 is 0 Å². The van der Waals surface area contributed by atoms with Crippen LogP contribution in [0.25, 0.3) is 16.6 Å². The number of ether oxygens (including phenoxy) is 1. The Balaban J connectivity index is 1.38. The van der Waals surface area contributed by atoms with Crippen LogP contribution in [0.2, 0.25) is 0 Å². The molecule has 1 aliphatic heterocycles. The number of aryl methyl sites for hydroxylation is 1. The van der Waals surface area contributed by atoms with Gasteiger partial charge in [0.2, 0.25) is 0 Å². The van der Waals surface area contributed by atoms with Crippen LogP contribution in [-0.2, 0) is 4.74 Å². The molecule has 3 aromatic carbocycles. The number of para-hydroxylation sites is 1. The van der Waals surface area contributed by atoms with Crippen molar-refractivity contribution in [1.29, 1.82) is 0 Å². The first-order valence-electron chi connectivity index (χ1n) is 11.8. The van der Waals surface area contributed by atoms with Gasteiger partial charge in [0.15, 0.2) is 0 Å². The predicted molar refractivity (Wildman–Crippen MR) is 136 cm³/mol. The van der Waals surface area contributed by atoms with E-state index in [0.29, 0.717) is 47.7 Å². The number of nitrogens with zero attached hydrogens (tertiary/aromatic N) is 3. The highest BCUT2D eigenvalue weighted by molar-refractivity contribution is 5.94. The minimum Gasteiger partial charge on any atom is -0.379 e. The molecule has 1 aliphatic rings. The number of hydrogen-bond donors (Lipinski definition) is 1. The lowest BCUT2D eigenvalue weighted by molar-refractivity contribution is 0.0332. The molecule has 1 aromatic heterocycles. The Morgan fingerprint density at radius 2 is 1.66 bits per heavy atom. The fraction of sp³-hybridized carbons (Fsp3) is 0.250. The largest absolute Gasteiger partial charge is 0.379 e. The van der Waals surface area contributed by atoms with Crippen LogP contribution >= 0.6 is 0 Å². The molecule has 1 fully saturated rings. The molecule has 2 heterocycles. The Morgan fingerprint density at radius 3 is 2.40 bits per heavy atom. The summed E-state index contributed by atoms with van der Waals surface area (Å²) in [5, 5.41) is 3.76. The van der Waals surface area contributed by atoms with E-state index in [2.05, 4.69) is 15.2 Å². The maximum Gasteiger partial charge on any atom is 0.265 e. The van der Waals surface area contributed by atoms with Crippen molar-refractivity contribution >= 4 is 16.8 Å². The Labute approximate surface area is 204 Å². The molecule has 5 rings (SSSR count). The van der Waals surface area contributed by atoms with Gasteiger partial charge in [-0.15, -0.1) is 0 Å². The van der Waals surface area contributed by atoms with Gasteiger partial charge in [-0.2, -0.15) is 0 Å². The number of fused-ring (bicyclic) bond motifs is 1. The smallest absolute Gasteiger partial charge is 0.265 e. The summed E-state index contributed by atoms with van der Waals surface area (Å²) in [6, 6.07) is 24.3. The monoisotopic (exact) mass is 468 g/mol. The van der Waals surface area contributed by atoms with Gasteiger partial charge in [-0.05, 0) is 48.9 Å².